The van der Waals surface area contributed by atoms with Gasteiger partial charge in [-0.3, -0.25) is 4.79 Å². The Morgan fingerprint density at radius 3 is 2.64 bits per heavy atom. The van der Waals surface area contributed by atoms with E-state index in [2.05, 4.69) is 5.32 Å². The van der Waals surface area contributed by atoms with E-state index in [1.807, 2.05) is 19.9 Å². The number of hydrogen-bond acceptors (Lipinski definition) is 3. The van der Waals surface area contributed by atoms with Crippen LogP contribution in [0.4, 0.5) is 10.1 Å². The van der Waals surface area contributed by atoms with Crippen LogP contribution in [0.1, 0.15) is 29.2 Å². The van der Waals surface area contributed by atoms with E-state index in [1.165, 1.54) is 12.1 Å². The Morgan fingerprint density at radius 1 is 1.18 bits per heavy atom. The zero-order chi connectivity index (χ0) is 24.0. The van der Waals surface area contributed by atoms with Crippen molar-refractivity contribution >= 4 is 40.9 Å². The Labute approximate surface area is 202 Å². The smallest absolute Gasteiger partial charge is 0.266 e. The highest BCUT2D eigenvalue weighted by atomic mass is 35.5. The molecule has 1 N–H and O–H groups in total. The van der Waals surface area contributed by atoms with E-state index in [0.29, 0.717) is 44.8 Å². The molecule has 4 nitrogen and oxygen atoms in total. The fourth-order valence-electron chi connectivity index (χ4n) is 3.24. The summed E-state index contributed by atoms with van der Waals surface area (Å²) in [6, 6.07) is 16.8. The van der Waals surface area contributed by atoms with Gasteiger partial charge in [0.15, 0.2) is 0 Å². The summed E-state index contributed by atoms with van der Waals surface area (Å²) in [6.07, 6.45) is 1.67. The van der Waals surface area contributed by atoms with Gasteiger partial charge in [-0.15, -0.1) is 0 Å². The van der Waals surface area contributed by atoms with Crippen LogP contribution in [0, 0.1) is 24.1 Å². The number of halogens is 3. The summed E-state index contributed by atoms with van der Waals surface area (Å²) < 4.78 is 19.9. The van der Waals surface area contributed by atoms with Gasteiger partial charge in [-0.1, -0.05) is 47.5 Å². The number of nitrogens with one attached hydrogen (secondary N) is 1. The predicted octanol–water partition coefficient (Wildman–Crippen LogP) is 6.98. The second-order valence-corrected chi connectivity index (χ2v) is 8.11. The van der Waals surface area contributed by atoms with E-state index < -0.39 is 5.91 Å². The van der Waals surface area contributed by atoms with Crippen molar-refractivity contribution in [2.24, 2.45) is 0 Å². The molecule has 7 heteroatoms. The maximum absolute atomic E-state index is 14.2. The van der Waals surface area contributed by atoms with Gasteiger partial charge in [-0.05, 0) is 66.9 Å². The van der Waals surface area contributed by atoms with E-state index in [1.54, 1.807) is 48.5 Å². The number of rotatable bonds is 7. The molecule has 0 aliphatic heterocycles. The lowest BCUT2D eigenvalue weighted by Crippen LogP contribution is -2.14. The predicted molar refractivity (Wildman–Crippen MR) is 130 cm³/mol. The Balaban J connectivity index is 1.94. The van der Waals surface area contributed by atoms with Crippen molar-refractivity contribution in [1.29, 1.82) is 5.26 Å². The molecule has 3 aromatic carbocycles. The number of nitriles is 1. The van der Waals surface area contributed by atoms with Crippen LogP contribution in [0.15, 0.2) is 60.2 Å². The lowest BCUT2D eigenvalue weighted by molar-refractivity contribution is -0.112. The molecule has 0 fully saturated rings. The number of amides is 1. The minimum Gasteiger partial charge on any atom is -0.494 e. The fraction of sp³-hybridized carbons (Fsp3) is 0.154. The first-order valence-corrected chi connectivity index (χ1v) is 11.0. The van der Waals surface area contributed by atoms with Gasteiger partial charge in [-0.25, -0.2) is 4.39 Å². The molecule has 0 unspecified atom stereocenters. The van der Waals surface area contributed by atoms with Crippen molar-refractivity contribution in [1.82, 2.24) is 0 Å². The van der Waals surface area contributed by atoms with Crippen LogP contribution < -0.4 is 10.1 Å². The highest BCUT2D eigenvalue weighted by molar-refractivity contribution is 6.32. The van der Waals surface area contributed by atoms with Gasteiger partial charge in [0.25, 0.3) is 5.91 Å². The highest BCUT2D eigenvalue weighted by Gasteiger charge is 2.16. The summed E-state index contributed by atoms with van der Waals surface area (Å²) in [5.74, 6) is -0.449. The van der Waals surface area contributed by atoms with Crippen LogP contribution in [0.5, 0.6) is 5.75 Å². The maximum atomic E-state index is 14.2. The largest absolute Gasteiger partial charge is 0.494 e. The van der Waals surface area contributed by atoms with E-state index >= 15 is 0 Å². The summed E-state index contributed by atoms with van der Waals surface area (Å²) >= 11 is 12.5. The minimum atomic E-state index is -0.576. The molecule has 0 spiro atoms. The first kappa shape index (κ1) is 24.3. The number of carbonyl (C=O) groups is 1. The molecule has 33 heavy (non-hydrogen) atoms. The molecule has 0 aliphatic rings. The highest BCUT2D eigenvalue weighted by Crippen LogP contribution is 2.32. The molecule has 3 rings (SSSR count). The molecule has 3 aromatic rings. The molecule has 0 radical (unpaired) electrons. The van der Waals surface area contributed by atoms with Crippen molar-refractivity contribution in [3.8, 4) is 11.8 Å². The SMILES string of the molecule is CCOc1cc(/C=C(\C#N)C(=O)Nc2cc(Cl)ccc2C)cc(Cl)c1Cc1ccccc1F. The normalized spacial score (nSPS) is 11.1. The molecule has 0 atom stereocenters. The molecule has 1 amide bonds. The second-order valence-electron chi connectivity index (χ2n) is 7.26. The monoisotopic (exact) mass is 482 g/mol. The van der Waals surface area contributed by atoms with Crippen LogP contribution >= 0.6 is 23.2 Å². The number of carbonyl (C=O) groups excluding carboxylic acids is 1. The summed E-state index contributed by atoms with van der Waals surface area (Å²) in [6.45, 7) is 4.02. The molecule has 0 saturated heterocycles. The lowest BCUT2D eigenvalue weighted by Gasteiger charge is -2.14. The van der Waals surface area contributed by atoms with Crippen molar-refractivity contribution in [3.05, 3.63) is 98.3 Å². The molecule has 168 valence electrons. The van der Waals surface area contributed by atoms with Crippen LogP contribution in [0.3, 0.4) is 0 Å². The van der Waals surface area contributed by atoms with Crippen molar-refractivity contribution in [3.63, 3.8) is 0 Å². The van der Waals surface area contributed by atoms with Crippen molar-refractivity contribution in [2.75, 3.05) is 11.9 Å². The third kappa shape index (κ3) is 6.13. The van der Waals surface area contributed by atoms with Gasteiger partial charge in [0, 0.05) is 27.7 Å². The van der Waals surface area contributed by atoms with Crippen LogP contribution in [0.25, 0.3) is 6.08 Å². The summed E-state index contributed by atoms with van der Waals surface area (Å²) in [5, 5.41) is 13.1. The Hall–Kier alpha value is -3.33. The van der Waals surface area contributed by atoms with E-state index in [-0.39, 0.29) is 17.8 Å². The van der Waals surface area contributed by atoms with Gasteiger partial charge < -0.3 is 10.1 Å². The van der Waals surface area contributed by atoms with Gasteiger partial charge in [0.1, 0.15) is 23.2 Å². The summed E-state index contributed by atoms with van der Waals surface area (Å²) in [7, 11) is 0. The summed E-state index contributed by atoms with van der Waals surface area (Å²) in [5.41, 5.74) is 2.83. The third-order valence-corrected chi connectivity index (χ3v) is 5.50. The molecule has 0 heterocycles. The quantitative estimate of drug-likeness (QED) is 0.292. The van der Waals surface area contributed by atoms with E-state index in [4.69, 9.17) is 27.9 Å². The number of ether oxygens (including phenoxy) is 1. The zero-order valence-corrected chi connectivity index (χ0v) is 19.6. The molecular formula is C26H21Cl2FN2O2. The average Bonchev–Trinajstić information content (AvgIpc) is 2.78. The third-order valence-electron chi connectivity index (χ3n) is 4.93. The van der Waals surface area contributed by atoms with Gasteiger partial charge in [0.05, 0.1) is 6.61 Å². The zero-order valence-electron chi connectivity index (χ0n) is 18.1. The molecule has 0 saturated carbocycles. The minimum absolute atomic E-state index is 0.116. The second kappa shape index (κ2) is 11.0. The van der Waals surface area contributed by atoms with Crippen molar-refractivity contribution in [2.45, 2.75) is 20.3 Å². The van der Waals surface area contributed by atoms with E-state index in [0.717, 1.165) is 5.56 Å². The molecule has 0 bridgehead atoms. The topological polar surface area (TPSA) is 62.1 Å². The first-order valence-electron chi connectivity index (χ1n) is 10.2. The lowest BCUT2D eigenvalue weighted by atomic mass is 10.0. The average molecular weight is 483 g/mol. The van der Waals surface area contributed by atoms with Gasteiger partial charge >= 0.3 is 0 Å². The summed E-state index contributed by atoms with van der Waals surface area (Å²) in [4.78, 5) is 12.7. The number of hydrogen-bond donors (Lipinski definition) is 1. The molecular weight excluding hydrogens is 462 g/mol. The maximum Gasteiger partial charge on any atom is 0.266 e. The number of benzene rings is 3. The first-order chi connectivity index (χ1) is 15.8. The molecule has 0 aromatic heterocycles. The Kier molecular flexibility index (Phi) is 8.11. The van der Waals surface area contributed by atoms with Crippen LogP contribution in [-0.4, -0.2) is 12.5 Å². The number of nitrogens with zero attached hydrogens (tertiary/aromatic N) is 1. The Bertz CT molecular complexity index is 1270. The van der Waals surface area contributed by atoms with Crippen LogP contribution in [0.2, 0.25) is 10.0 Å². The Morgan fingerprint density at radius 2 is 1.94 bits per heavy atom. The van der Waals surface area contributed by atoms with Gasteiger partial charge in [0.2, 0.25) is 0 Å². The van der Waals surface area contributed by atoms with Crippen molar-refractivity contribution < 1.29 is 13.9 Å². The van der Waals surface area contributed by atoms with Crippen LogP contribution in [-0.2, 0) is 11.2 Å². The standard InChI is InChI=1S/C26H21Cl2FN2O2/c1-3-33-25-12-17(11-22(28)21(25)13-18-6-4-5-7-23(18)29)10-19(15-30)26(32)31-24-14-20(27)9-8-16(24)2/h4-12,14H,3,13H2,1-2H3,(H,31,32)/b19-10+. The molecule has 0 aliphatic carbocycles. The van der Waals surface area contributed by atoms with E-state index in [9.17, 15) is 14.4 Å². The fourth-order valence-corrected chi connectivity index (χ4v) is 3.69. The number of aryl methyl sites for hydroxylation is 1. The number of anilines is 1. The van der Waals surface area contributed by atoms with Gasteiger partial charge in [-0.2, -0.15) is 5.26 Å².